The molecule has 0 saturated carbocycles. The third kappa shape index (κ3) is 4.12. The van der Waals surface area contributed by atoms with Gasteiger partial charge in [-0.05, 0) is 30.3 Å². The van der Waals surface area contributed by atoms with Crippen molar-refractivity contribution < 1.29 is 23.7 Å². The van der Waals surface area contributed by atoms with Crippen LogP contribution in [0.4, 0.5) is 0 Å². The molecule has 0 spiro atoms. The predicted molar refractivity (Wildman–Crippen MR) is 111 cm³/mol. The van der Waals surface area contributed by atoms with E-state index in [0.29, 0.717) is 33.4 Å². The molecular formula is C21H22N2O5S. The van der Waals surface area contributed by atoms with Crippen molar-refractivity contribution >= 4 is 17.2 Å². The van der Waals surface area contributed by atoms with Crippen molar-refractivity contribution in [3.05, 3.63) is 52.1 Å². The number of thiazole rings is 1. The molecule has 0 aliphatic rings. The smallest absolute Gasteiger partial charge is 0.279 e. The maximum Gasteiger partial charge on any atom is 0.279 e. The van der Waals surface area contributed by atoms with Gasteiger partial charge in [0.2, 0.25) is 5.75 Å². The largest absolute Gasteiger partial charge is 0.497 e. The van der Waals surface area contributed by atoms with Gasteiger partial charge in [0.05, 0.1) is 34.1 Å². The number of benzene rings is 2. The Kier molecular flexibility index (Phi) is 6.23. The number of nitrogens with zero attached hydrogens (tertiary/aromatic N) is 2. The number of methoxy groups -OCH3 is 4. The van der Waals surface area contributed by atoms with Gasteiger partial charge in [0.25, 0.3) is 5.91 Å². The Morgan fingerprint density at radius 2 is 1.66 bits per heavy atom. The predicted octanol–water partition coefficient (Wildman–Crippen LogP) is 3.53. The van der Waals surface area contributed by atoms with Crippen LogP contribution in [-0.2, 0) is 7.05 Å². The van der Waals surface area contributed by atoms with Crippen LogP contribution < -0.4 is 23.7 Å². The summed E-state index contributed by atoms with van der Waals surface area (Å²) in [7, 11) is 8.12. The molecule has 0 aliphatic heterocycles. The van der Waals surface area contributed by atoms with Gasteiger partial charge in [-0.3, -0.25) is 4.79 Å². The zero-order chi connectivity index (χ0) is 21.0. The number of hydrogen-bond donors (Lipinski definition) is 0. The topological polar surface area (TPSA) is 71.3 Å². The fraction of sp³-hybridized carbons (Fsp3) is 0.238. The Bertz CT molecular complexity index is 1080. The van der Waals surface area contributed by atoms with Crippen molar-refractivity contribution in [2.45, 2.75) is 0 Å². The van der Waals surface area contributed by atoms with Gasteiger partial charge in [-0.25, -0.2) is 0 Å². The van der Waals surface area contributed by atoms with Crippen molar-refractivity contribution in [2.24, 2.45) is 12.0 Å². The minimum absolute atomic E-state index is 0.335. The summed E-state index contributed by atoms with van der Waals surface area (Å²) in [6, 6.07) is 10.6. The number of rotatable bonds is 6. The molecule has 1 amide bonds. The van der Waals surface area contributed by atoms with Crippen LogP contribution in [0, 0.1) is 0 Å². The lowest BCUT2D eigenvalue weighted by molar-refractivity contribution is 0.0997. The molecule has 8 heteroatoms. The van der Waals surface area contributed by atoms with Crippen LogP contribution in [0.2, 0.25) is 0 Å². The van der Waals surface area contributed by atoms with E-state index in [2.05, 4.69) is 4.99 Å². The molecule has 7 nitrogen and oxygen atoms in total. The molecule has 0 saturated heterocycles. The highest BCUT2D eigenvalue weighted by atomic mass is 32.1. The monoisotopic (exact) mass is 414 g/mol. The van der Waals surface area contributed by atoms with E-state index in [1.807, 2.05) is 29.1 Å². The minimum atomic E-state index is -0.335. The quantitative estimate of drug-likeness (QED) is 0.617. The second kappa shape index (κ2) is 8.83. The highest BCUT2D eigenvalue weighted by molar-refractivity contribution is 7.07. The van der Waals surface area contributed by atoms with Gasteiger partial charge in [-0.2, -0.15) is 4.99 Å². The van der Waals surface area contributed by atoms with E-state index in [-0.39, 0.29) is 5.91 Å². The Morgan fingerprint density at radius 3 is 2.24 bits per heavy atom. The first kappa shape index (κ1) is 20.5. The van der Waals surface area contributed by atoms with Crippen LogP contribution in [0.15, 0.2) is 46.8 Å². The van der Waals surface area contributed by atoms with Gasteiger partial charge in [-0.1, -0.05) is 6.07 Å². The number of ether oxygens (including phenoxy) is 4. The molecule has 2 aromatic carbocycles. The molecule has 3 aromatic rings. The van der Waals surface area contributed by atoms with Crippen LogP contribution in [0.25, 0.3) is 11.3 Å². The molecule has 0 bridgehead atoms. The summed E-state index contributed by atoms with van der Waals surface area (Å²) in [6.07, 6.45) is 0. The Hall–Kier alpha value is -3.26. The van der Waals surface area contributed by atoms with Gasteiger partial charge >= 0.3 is 0 Å². The molecule has 0 N–H and O–H groups in total. The molecule has 152 valence electrons. The first-order chi connectivity index (χ1) is 14.0. The van der Waals surface area contributed by atoms with Crippen LogP contribution in [0.3, 0.4) is 0 Å². The van der Waals surface area contributed by atoms with Crippen molar-refractivity contribution in [1.82, 2.24) is 4.57 Å². The summed E-state index contributed by atoms with van der Waals surface area (Å²) in [5.41, 5.74) is 2.19. The number of carbonyl (C=O) groups excluding carboxylic acids is 1. The molecule has 1 aromatic heterocycles. The molecule has 0 radical (unpaired) electrons. The molecule has 29 heavy (non-hydrogen) atoms. The van der Waals surface area contributed by atoms with Crippen molar-refractivity contribution in [1.29, 1.82) is 0 Å². The SMILES string of the molecule is COc1cccc(C(=O)/N=c2/scc(-c3cc(OC)c(OC)c(OC)c3)n2C)c1. The lowest BCUT2D eigenvalue weighted by Crippen LogP contribution is -2.14. The van der Waals surface area contributed by atoms with E-state index in [1.54, 1.807) is 52.7 Å². The summed E-state index contributed by atoms with van der Waals surface area (Å²) in [5.74, 6) is 1.91. The van der Waals surface area contributed by atoms with E-state index in [9.17, 15) is 4.79 Å². The van der Waals surface area contributed by atoms with Gasteiger partial charge < -0.3 is 23.5 Å². The zero-order valence-corrected chi connectivity index (χ0v) is 17.7. The standard InChI is InChI=1S/C21H22N2O5S/c1-23-16(14-10-17(26-3)19(28-5)18(11-14)27-4)12-29-21(23)22-20(24)13-7-6-8-15(9-13)25-2/h6-12H,1-5H3/b22-21+. The lowest BCUT2D eigenvalue weighted by Gasteiger charge is -2.14. The van der Waals surface area contributed by atoms with Crippen molar-refractivity contribution in [3.8, 4) is 34.3 Å². The van der Waals surface area contributed by atoms with Crippen LogP contribution in [0.1, 0.15) is 10.4 Å². The van der Waals surface area contributed by atoms with Crippen LogP contribution in [0.5, 0.6) is 23.0 Å². The van der Waals surface area contributed by atoms with Gasteiger partial charge in [0.15, 0.2) is 16.3 Å². The van der Waals surface area contributed by atoms with E-state index in [1.165, 1.54) is 11.3 Å². The Morgan fingerprint density at radius 1 is 0.966 bits per heavy atom. The first-order valence-corrected chi connectivity index (χ1v) is 9.58. The molecule has 0 atom stereocenters. The summed E-state index contributed by atoms with van der Waals surface area (Å²) in [5, 5.41) is 1.93. The number of hydrogen-bond acceptors (Lipinski definition) is 6. The average molecular weight is 414 g/mol. The maximum atomic E-state index is 12.6. The average Bonchev–Trinajstić information content (AvgIpc) is 3.12. The van der Waals surface area contributed by atoms with E-state index < -0.39 is 0 Å². The fourth-order valence-corrected chi connectivity index (χ4v) is 3.77. The Balaban J connectivity index is 2.03. The molecule has 0 aliphatic carbocycles. The van der Waals surface area contributed by atoms with Gasteiger partial charge in [-0.15, -0.1) is 11.3 Å². The Labute approximate surface area is 172 Å². The summed E-state index contributed by atoms with van der Waals surface area (Å²) < 4.78 is 23.3. The van der Waals surface area contributed by atoms with Crippen LogP contribution >= 0.6 is 11.3 Å². The number of amides is 1. The third-order valence-corrected chi connectivity index (χ3v) is 5.32. The van der Waals surface area contributed by atoms with Crippen molar-refractivity contribution in [2.75, 3.05) is 28.4 Å². The first-order valence-electron chi connectivity index (χ1n) is 8.70. The molecular weight excluding hydrogens is 392 g/mol. The van der Waals surface area contributed by atoms with E-state index >= 15 is 0 Å². The fourth-order valence-electron chi connectivity index (χ4n) is 2.87. The second-order valence-corrected chi connectivity index (χ2v) is 6.86. The van der Waals surface area contributed by atoms with Gasteiger partial charge in [0, 0.05) is 23.6 Å². The summed E-state index contributed by atoms with van der Waals surface area (Å²) in [6.45, 7) is 0. The maximum absolute atomic E-state index is 12.6. The highest BCUT2D eigenvalue weighted by Gasteiger charge is 2.16. The zero-order valence-electron chi connectivity index (χ0n) is 16.9. The normalized spacial score (nSPS) is 11.3. The van der Waals surface area contributed by atoms with E-state index in [0.717, 1.165) is 11.3 Å². The minimum Gasteiger partial charge on any atom is -0.497 e. The summed E-state index contributed by atoms with van der Waals surface area (Å²) in [4.78, 5) is 17.4. The van der Waals surface area contributed by atoms with Gasteiger partial charge in [0.1, 0.15) is 5.75 Å². The second-order valence-electron chi connectivity index (χ2n) is 6.03. The highest BCUT2D eigenvalue weighted by Crippen LogP contribution is 2.41. The van der Waals surface area contributed by atoms with E-state index in [4.69, 9.17) is 18.9 Å². The number of aromatic nitrogens is 1. The lowest BCUT2D eigenvalue weighted by atomic mass is 10.1. The molecule has 0 fully saturated rings. The molecule has 3 rings (SSSR count). The van der Waals surface area contributed by atoms with Crippen molar-refractivity contribution in [3.63, 3.8) is 0 Å². The summed E-state index contributed by atoms with van der Waals surface area (Å²) >= 11 is 1.37. The molecule has 1 heterocycles. The van der Waals surface area contributed by atoms with Crippen LogP contribution in [-0.4, -0.2) is 38.9 Å². The third-order valence-electron chi connectivity index (χ3n) is 4.40. The molecule has 0 unspecified atom stereocenters. The number of carbonyl (C=O) groups is 1.